The molecule has 0 unspecified atom stereocenters. The van der Waals surface area contributed by atoms with Gasteiger partial charge in [0.1, 0.15) is 0 Å². The van der Waals surface area contributed by atoms with E-state index in [2.05, 4.69) is 0 Å². The number of hydrogen-bond acceptors (Lipinski definition) is 7. The summed E-state index contributed by atoms with van der Waals surface area (Å²) >= 11 is 1.01. The van der Waals surface area contributed by atoms with Crippen LogP contribution < -0.4 is 19.5 Å². The van der Waals surface area contributed by atoms with Gasteiger partial charge in [0.25, 0.3) is 5.91 Å². The van der Waals surface area contributed by atoms with Crippen molar-refractivity contribution in [2.24, 2.45) is 5.14 Å². The zero-order valence-electron chi connectivity index (χ0n) is 15.0. The fraction of sp³-hybridized carbons (Fsp3) is 0.111. The summed E-state index contributed by atoms with van der Waals surface area (Å²) in [7, 11) is -0.775. The lowest BCUT2D eigenvalue weighted by atomic mass is 10.2. The fourth-order valence-electron chi connectivity index (χ4n) is 2.60. The minimum Gasteiger partial charge on any atom is -0.493 e. The number of amidine groups is 1. The SMILES string of the molecule is COc1ccc(/C=C2\SC(=N)N(c3ccc(S(N)(=O)=O)cc3)C2=O)cc1OC. The summed E-state index contributed by atoms with van der Waals surface area (Å²) in [6, 6.07) is 10.7. The number of nitrogens with two attached hydrogens (primary N) is 1. The van der Waals surface area contributed by atoms with Crippen LogP contribution in [0.4, 0.5) is 5.69 Å². The monoisotopic (exact) mass is 419 g/mol. The smallest absolute Gasteiger partial charge is 0.271 e. The van der Waals surface area contributed by atoms with Crippen molar-refractivity contribution >= 4 is 44.6 Å². The van der Waals surface area contributed by atoms with E-state index in [-0.39, 0.29) is 16.0 Å². The van der Waals surface area contributed by atoms with E-state index in [9.17, 15) is 13.2 Å². The highest BCUT2D eigenvalue weighted by atomic mass is 32.2. The molecular formula is C18H17N3O5S2. The van der Waals surface area contributed by atoms with Crippen molar-refractivity contribution in [3.63, 3.8) is 0 Å². The Balaban J connectivity index is 1.90. The summed E-state index contributed by atoms with van der Waals surface area (Å²) in [5, 5.41) is 13.2. The second-order valence-electron chi connectivity index (χ2n) is 5.71. The number of amides is 1. The third-order valence-electron chi connectivity index (χ3n) is 3.95. The van der Waals surface area contributed by atoms with Crippen LogP contribution in [0.1, 0.15) is 5.56 Å². The topological polar surface area (TPSA) is 123 Å². The minimum atomic E-state index is -3.83. The van der Waals surface area contributed by atoms with Crippen LogP contribution in [0.5, 0.6) is 11.5 Å². The molecule has 1 amide bonds. The highest BCUT2D eigenvalue weighted by Crippen LogP contribution is 2.36. The second-order valence-corrected chi connectivity index (χ2v) is 8.30. The number of nitrogens with one attached hydrogen (secondary N) is 1. The van der Waals surface area contributed by atoms with E-state index in [1.165, 1.54) is 43.4 Å². The van der Waals surface area contributed by atoms with Gasteiger partial charge in [-0.25, -0.2) is 13.6 Å². The Morgan fingerprint density at radius 3 is 2.29 bits per heavy atom. The van der Waals surface area contributed by atoms with E-state index in [1.807, 2.05) is 0 Å². The summed E-state index contributed by atoms with van der Waals surface area (Å²) in [5.41, 5.74) is 1.10. The van der Waals surface area contributed by atoms with E-state index < -0.39 is 10.0 Å². The molecule has 0 aliphatic carbocycles. The molecule has 28 heavy (non-hydrogen) atoms. The van der Waals surface area contributed by atoms with Gasteiger partial charge in [-0.15, -0.1) is 0 Å². The molecule has 1 saturated heterocycles. The molecule has 2 aromatic rings. The first-order chi connectivity index (χ1) is 13.2. The Kier molecular flexibility index (Phi) is 5.45. The van der Waals surface area contributed by atoms with Gasteiger partial charge in [0, 0.05) is 0 Å². The van der Waals surface area contributed by atoms with E-state index >= 15 is 0 Å². The van der Waals surface area contributed by atoms with Crippen LogP contribution in [0.15, 0.2) is 52.3 Å². The van der Waals surface area contributed by atoms with Gasteiger partial charge in [-0.1, -0.05) is 6.07 Å². The lowest BCUT2D eigenvalue weighted by molar-refractivity contribution is -0.113. The number of methoxy groups -OCH3 is 2. The molecule has 0 atom stereocenters. The predicted molar refractivity (Wildman–Crippen MR) is 108 cm³/mol. The van der Waals surface area contributed by atoms with Crippen molar-refractivity contribution < 1.29 is 22.7 Å². The average Bonchev–Trinajstić information content (AvgIpc) is 2.94. The van der Waals surface area contributed by atoms with Gasteiger partial charge < -0.3 is 9.47 Å². The number of carbonyl (C=O) groups is 1. The van der Waals surface area contributed by atoms with Gasteiger partial charge in [-0.3, -0.25) is 15.1 Å². The van der Waals surface area contributed by atoms with Crippen molar-refractivity contribution in [1.82, 2.24) is 0 Å². The Labute approximate surface area is 166 Å². The molecule has 1 aliphatic heterocycles. The van der Waals surface area contributed by atoms with Gasteiger partial charge in [-0.2, -0.15) is 0 Å². The Bertz CT molecular complexity index is 1080. The number of sulfonamides is 1. The highest BCUT2D eigenvalue weighted by Gasteiger charge is 2.33. The number of anilines is 1. The lowest BCUT2D eigenvalue weighted by Crippen LogP contribution is -2.28. The maximum atomic E-state index is 12.8. The van der Waals surface area contributed by atoms with Crippen molar-refractivity contribution in [2.75, 3.05) is 19.1 Å². The summed E-state index contributed by atoms with van der Waals surface area (Å²) < 4.78 is 33.2. The molecule has 1 fully saturated rings. The number of benzene rings is 2. The van der Waals surface area contributed by atoms with E-state index in [0.29, 0.717) is 27.7 Å². The van der Waals surface area contributed by atoms with Crippen LogP contribution in [0, 0.1) is 5.41 Å². The summed E-state index contributed by atoms with van der Waals surface area (Å²) in [4.78, 5) is 14.3. The quantitative estimate of drug-likeness (QED) is 0.718. The largest absolute Gasteiger partial charge is 0.493 e. The van der Waals surface area contributed by atoms with E-state index in [1.54, 1.807) is 24.3 Å². The van der Waals surface area contributed by atoms with E-state index in [4.69, 9.17) is 20.0 Å². The summed E-state index contributed by atoms with van der Waals surface area (Å²) in [6.45, 7) is 0. The average molecular weight is 419 g/mol. The molecule has 8 nitrogen and oxygen atoms in total. The zero-order chi connectivity index (χ0) is 20.5. The third kappa shape index (κ3) is 3.88. The van der Waals surface area contributed by atoms with Crippen molar-refractivity contribution in [2.45, 2.75) is 4.90 Å². The van der Waals surface area contributed by atoms with Crippen molar-refractivity contribution in [3.05, 3.63) is 52.9 Å². The zero-order valence-corrected chi connectivity index (χ0v) is 16.6. The van der Waals surface area contributed by atoms with Crippen LogP contribution >= 0.6 is 11.8 Å². The normalized spacial score (nSPS) is 16.0. The first-order valence-corrected chi connectivity index (χ1v) is 10.3. The molecule has 0 aromatic heterocycles. The Morgan fingerprint density at radius 2 is 1.71 bits per heavy atom. The first kappa shape index (κ1) is 19.9. The molecule has 10 heteroatoms. The Hall–Kier alpha value is -2.82. The van der Waals surface area contributed by atoms with Crippen molar-refractivity contribution in [1.29, 1.82) is 5.41 Å². The van der Waals surface area contributed by atoms with Gasteiger partial charge >= 0.3 is 0 Å². The molecule has 1 heterocycles. The molecule has 146 valence electrons. The summed E-state index contributed by atoms with van der Waals surface area (Å²) in [6.07, 6.45) is 1.65. The molecule has 0 spiro atoms. The van der Waals surface area contributed by atoms with Crippen LogP contribution in [0.25, 0.3) is 6.08 Å². The molecule has 1 aliphatic rings. The van der Waals surface area contributed by atoms with Gasteiger partial charge in [0.15, 0.2) is 16.7 Å². The number of rotatable bonds is 5. The standard InChI is InChI=1S/C18H17N3O5S2/c1-25-14-8-3-11(9-15(14)26-2)10-16-17(22)21(18(19)27-16)12-4-6-13(7-5-12)28(20,23)24/h3-10,19H,1-2H3,(H2,20,23,24)/b16-10-,19-18?. The van der Waals surface area contributed by atoms with Crippen LogP contribution in [-0.4, -0.2) is 33.7 Å². The number of ether oxygens (including phenoxy) is 2. The third-order valence-corrected chi connectivity index (χ3v) is 5.77. The molecule has 0 saturated carbocycles. The molecule has 3 rings (SSSR count). The van der Waals surface area contributed by atoms with E-state index in [0.717, 1.165) is 11.8 Å². The minimum absolute atomic E-state index is 0.0140. The van der Waals surface area contributed by atoms with Crippen LogP contribution in [0.3, 0.4) is 0 Å². The fourth-order valence-corrected chi connectivity index (χ4v) is 3.98. The maximum absolute atomic E-state index is 12.8. The number of thioether (sulfide) groups is 1. The number of carbonyl (C=O) groups excluding carboxylic acids is 1. The van der Waals surface area contributed by atoms with Gasteiger partial charge in [0.2, 0.25) is 10.0 Å². The van der Waals surface area contributed by atoms with Gasteiger partial charge in [-0.05, 0) is 59.8 Å². The van der Waals surface area contributed by atoms with Crippen LogP contribution in [0.2, 0.25) is 0 Å². The number of primary sulfonamides is 1. The molecule has 0 bridgehead atoms. The van der Waals surface area contributed by atoms with Gasteiger partial charge in [0.05, 0.1) is 29.7 Å². The molecule has 3 N–H and O–H groups in total. The van der Waals surface area contributed by atoms with Crippen molar-refractivity contribution in [3.8, 4) is 11.5 Å². The Morgan fingerprint density at radius 1 is 1.07 bits per heavy atom. The maximum Gasteiger partial charge on any atom is 0.271 e. The molecular weight excluding hydrogens is 402 g/mol. The lowest BCUT2D eigenvalue weighted by Gasteiger charge is -2.14. The van der Waals surface area contributed by atoms with Crippen LogP contribution in [-0.2, 0) is 14.8 Å². The number of hydrogen-bond donors (Lipinski definition) is 2. The number of nitrogens with zero attached hydrogens (tertiary/aromatic N) is 1. The first-order valence-electron chi connectivity index (χ1n) is 7.92. The second kappa shape index (κ2) is 7.66. The predicted octanol–water partition coefficient (Wildman–Crippen LogP) is 2.41. The molecule has 0 radical (unpaired) electrons. The molecule has 2 aromatic carbocycles. The highest BCUT2D eigenvalue weighted by molar-refractivity contribution is 8.19. The summed E-state index contributed by atoms with van der Waals surface area (Å²) in [5.74, 6) is 0.713.